The summed E-state index contributed by atoms with van der Waals surface area (Å²) >= 11 is 0. The number of nitrogens with one attached hydrogen (secondary N) is 1. The molecular formula is C11H13N3O4. The highest BCUT2D eigenvalue weighted by Gasteiger charge is 2.13. The van der Waals surface area contributed by atoms with Crippen LogP contribution >= 0.6 is 0 Å². The monoisotopic (exact) mass is 251 g/mol. The summed E-state index contributed by atoms with van der Waals surface area (Å²) in [7, 11) is 0. The van der Waals surface area contributed by atoms with Gasteiger partial charge in [0.15, 0.2) is 6.61 Å². The molecule has 0 aliphatic rings. The predicted octanol–water partition coefficient (Wildman–Crippen LogP) is -0.0711. The van der Waals surface area contributed by atoms with E-state index >= 15 is 0 Å². The zero-order valence-electron chi connectivity index (χ0n) is 9.73. The van der Waals surface area contributed by atoms with Crippen LogP contribution in [0.3, 0.4) is 0 Å². The second-order valence-corrected chi connectivity index (χ2v) is 3.56. The molecule has 96 valence electrons. The Bertz CT molecular complexity index is 499. The molecule has 1 aromatic carbocycles. The molecule has 0 unspecified atom stereocenters. The number of hydrogen-bond donors (Lipinski definition) is 3. The summed E-state index contributed by atoms with van der Waals surface area (Å²) in [6.07, 6.45) is 0. The Morgan fingerprint density at radius 1 is 1.33 bits per heavy atom. The number of benzene rings is 1. The number of anilines is 1. The number of amides is 3. The van der Waals surface area contributed by atoms with Gasteiger partial charge in [0.05, 0.1) is 5.56 Å². The fourth-order valence-corrected chi connectivity index (χ4v) is 1.30. The standard InChI is InChI=1S/C11H13N3O4/c1-6-4-7(12)2-3-8(6)10(16)18-5-9(15)14-11(13)17/h2-4H,5,12H2,1H3,(H3,13,14,15,17). The van der Waals surface area contributed by atoms with Gasteiger partial charge in [-0.25, -0.2) is 9.59 Å². The highest BCUT2D eigenvalue weighted by atomic mass is 16.5. The molecule has 0 saturated heterocycles. The van der Waals surface area contributed by atoms with Gasteiger partial charge in [-0.2, -0.15) is 0 Å². The van der Waals surface area contributed by atoms with Crippen LogP contribution in [0.2, 0.25) is 0 Å². The number of urea groups is 1. The van der Waals surface area contributed by atoms with Crippen molar-refractivity contribution >= 4 is 23.6 Å². The van der Waals surface area contributed by atoms with Crippen LogP contribution in [0, 0.1) is 6.92 Å². The maximum absolute atomic E-state index is 11.6. The highest BCUT2D eigenvalue weighted by Crippen LogP contribution is 2.13. The Morgan fingerprint density at radius 2 is 2.00 bits per heavy atom. The molecule has 18 heavy (non-hydrogen) atoms. The number of carbonyl (C=O) groups excluding carboxylic acids is 3. The van der Waals surface area contributed by atoms with Crippen molar-refractivity contribution in [2.45, 2.75) is 6.92 Å². The summed E-state index contributed by atoms with van der Waals surface area (Å²) < 4.78 is 4.71. The van der Waals surface area contributed by atoms with E-state index in [1.54, 1.807) is 24.4 Å². The largest absolute Gasteiger partial charge is 0.452 e. The number of hydrogen-bond acceptors (Lipinski definition) is 5. The van der Waals surface area contributed by atoms with Crippen molar-refractivity contribution in [3.63, 3.8) is 0 Å². The topological polar surface area (TPSA) is 125 Å². The van der Waals surface area contributed by atoms with Crippen molar-refractivity contribution in [1.82, 2.24) is 5.32 Å². The van der Waals surface area contributed by atoms with Crippen LogP contribution in [-0.2, 0) is 9.53 Å². The number of nitrogen functional groups attached to an aromatic ring is 1. The van der Waals surface area contributed by atoms with Crippen molar-refractivity contribution in [1.29, 1.82) is 0 Å². The molecule has 0 atom stereocenters. The molecule has 1 rings (SSSR count). The number of imide groups is 1. The van der Waals surface area contributed by atoms with Gasteiger partial charge in [0.2, 0.25) is 0 Å². The predicted molar refractivity (Wildman–Crippen MR) is 63.6 cm³/mol. The van der Waals surface area contributed by atoms with Crippen molar-refractivity contribution < 1.29 is 19.1 Å². The molecule has 0 spiro atoms. The zero-order chi connectivity index (χ0) is 13.7. The third-order valence-electron chi connectivity index (χ3n) is 2.07. The first-order chi connectivity index (χ1) is 8.40. The average Bonchev–Trinajstić information content (AvgIpc) is 2.25. The Morgan fingerprint density at radius 3 is 2.56 bits per heavy atom. The van der Waals surface area contributed by atoms with Gasteiger partial charge in [-0.1, -0.05) is 0 Å². The smallest absolute Gasteiger partial charge is 0.338 e. The maximum Gasteiger partial charge on any atom is 0.338 e. The van der Waals surface area contributed by atoms with E-state index in [9.17, 15) is 14.4 Å². The van der Waals surface area contributed by atoms with Crippen LogP contribution in [0.1, 0.15) is 15.9 Å². The molecule has 0 radical (unpaired) electrons. The Labute approximate surface area is 103 Å². The minimum Gasteiger partial charge on any atom is -0.452 e. The Hall–Kier alpha value is -2.57. The van der Waals surface area contributed by atoms with Gasteiger partial charge in [-0.15, -0.1) is 0 Å². The lowest BCUT2D eigenvalue weighted by atomic mass is 10.1. The summed E-state index contributed by atoms with van der Waals surface area (Å²) in [4.78, 5) is 33.0. The third kappa shape index (κ3) is 3.78. The lowest BCUT2D eigenvalue weighted by Gasteiger charge is -2.07. The highest BCUT2D eigenvalue weighted by molar-refractivity contribution is 5.97. The Balaban J connectivity index is 2.60. The van der Waals surface area contributed by atoms with Crippen LogP contribution < -0.4 is 16.8 Å². The molecule has 7 heteroatoms. The van der Waals surface area contributed by atoms with E-state index in [2.05, 4.69) is 0 Å². The summed E-state index contributed by atoms with van der Waals surface area (Å²) in [5.41, 5.74) is 11.7. The van der Waals surface area contributed by atoms with Crippen LogP contribution in [-0.4, -0.2) is 24.5 Å². The van der Waals surface area contributed by atoms with Crippen LogP contribution in [0.25, 0.3) is 0 Å². The fourth-order valence-electron chi connectivity index (χ4n) is 1.30. The molecule has 5 N–H and O–H groups in total. The van der Waals surface area contributed by atoms with Gasteiger partial charge in [-0.3, -0.25) is 10.1 Å². The second kappa shape index (κ2) is 5.67. The zero-order valence-corrected chi connectivity index (χ0v) is 9.73. The van der Waals surface area contributed by atoms with E-state index in [4.69, 9.17) is 16.2 Å². The number of rotatable bonds is 3. The van der Waals surface area contributed by atoms with Crippen LogP contribution in [0.5, 0.6) is 0 Å². The van der Waals surface area contributed by atoms with Crippen molar-refractivity contribution in [2.24, 2.45) is 5.73 Å². The number of primary amides is 1. The molecular weight excluding hydrogens is 238 g/mol. The lowest BCUT2D eigenvalue weighted by Crippen LogP contribution is -2.37. The first-order valence-electron chi connectivity index (χ1n) is 5.02. The van der Waals surface area contributed by atoms with Gasteiger partial charge in [0.25, 0.3) is 5.91 Å². The normalized spacial score (nSPS) is 9.61. The summed E-state index contributed by atoms with van der Waals surface area (Å²) in [5, 5.41) is 1.78. The third-order valence-corrected chi connectivity index (χ3v) is 2.07. The number of carbonyl (C=O) groups is 3. The van der Waals surface area contributed by atoms with Crippen molar-refractivity contribution in [3.05, 3.63) is 29.3 Å². The van der Waals surface area contributed by atoms with E-state index < -0.39 is 24.5 Å². The van der Waals surface area contributed by atoms with Crippen molar-refractivity contribution in [2.75, 3.05) is 12.3 Å². The first-order valence-corrected chi connectivity index (χ1v) is 5.02. The molecule has 0 fully saturated rings. The molecule has 0 aromatic heterocycles. The van der Waals surface area contributed by atoms with Crippen LogP contribution in [0.4, 0.5) is 10.5 Å². The van der Waals surface area contributed by atoms with Gasteiger partial charge in [-0.05, 0) is 30.7 Å². The molecule has 0 saturated carbocycles. The van der Waals surface area contributed by atoms with E-state index in [0.29, 0.717) is 16.8 Å². The van der Waals surface area contributed by atoms with E-state index in [1.165, 1.54) is 6.07 Å². The number of esters is 1. The molecule has 1 aromatic rings. The second-order valence-electron chi connectivity index (χ2n) is 3.56. The van der Waals surface area contributed by atoms with Gasteiger partial charge >= 0.3 is 12.0 Å². The molecule has 0 bridgehead atoms. The molecule has 7 nitrogen and oxygen atoms in total. The van der Waals surface area contributed by atoms with Crippen LogP contribution in [0.15, 0.2) is 18.2 Å². The number of nitrogens with two attached hydrogens (primary N) is 2. The minimum absolute atomic E-state index is 0.302. The average molecular weight is 251 g/mol. The van der Waals surface area contributed by atoms with E-state index in [0.717, 1.165) is 0 Å². The Kier molecular flexibility index (Phi) is 4.25. The van der Waals surface area contributed by atoms with Crippen molar-refractivity contribution in [3.8, 4) is 0 Å². The number of aryl methyl sites for hydroxylation is 1. The molecule has 3 amide bonds. The lowest BCUT2D eigenvalue weighted by molar-refractivity contribution is -0.123. The molecule has 0 aliphatic heterocycles. The minimum atomic E-state index is -1.00. The van der Waals surface area contributed by atoms with E-state index in [1.807, 2.05) is 0 Å². The van der Waals surface area contributed by atoms with E-state index in [-0.39, 0.29) is 0 Å². The fraction of sp³-hybridized carbons (Fsp3) is 0.182. The number of ether oxygens (including phenoxy) is 1. The summed E-state index contributed by atoms with van der Waals surface area (Å²) in [5.74, 6) is -1.46. The van der Waals surface area contributed by atoms with Gasteiger partial charge in [0.1, 0.15) is 0 Å². The molecule has 0 heterocycles. The first kappa shape index (κ1) is 13.5. The maximum atomic E-state index is 11.6. The van der Waals surface area contributed by atoms with Gasteiger partial charge in [0, 0.05) is 5.69 Å². The summed E-state index contributed by atoms with van der Waals surface area (Å²) in [6.45, 7) is 1.11. The van der Waals surface area contributed by atoms with Gasteiger partial charge < -0.3 is 16.2 Å². The molecule has 0 aliphatic carbocycles. The summed E-state index contributed by atoms with van der Waals surface area (Å²) in [6, 6.07) is 3.66. The SMILES string of the molecule is Cc1cc(N)ccc1C(=O)OCC(=O)NC(N)=O. The quantitative estimate of drug-likeness (QED) is 0.512.